The number of hydrogen-bond donors (Lipinski definition) is 2. The molecule has 4 rings (SSSR count). The van der Waals surface area contributed by atoms with Crippen molar-refractivity contribution in [3.8, 4) is 12.3 Å². The van der Waals surface area contributed by atoms with E-state index in [0.29, 0.717) is 30.8 Å². The Morgan fingerprint density at radius 2 is 2.14 bits per heavy atom. The highest BCUT2D eigenvalue weighted by Gasteiger charge is 2.28. The van der Waals surface area contributed by atoms with Gasteiger partial charge in [0.15, 0.2) is 5.69 Å². The van der Waals surface area contributed by atoms with Crippen molar-refractivity contribution < 1.29 is 9.59 Å². The predicted octanol–water partition coefficient (Wildman–Crippen LogP) is 2.22. The number of terminal acetylenes is 1. The summed E-state index contributed by atoms with van der Waals surface area (Å²) in [5, 5.41) is 10.7. The number of rotatable bonds is 3. The summed E-state index contributed by atoms with van der Waals surface area (Å²) in [6.45, 7) is 4.57. The fourth-order valence-electron chi connectivity index (χ4n) is 3.53. The van der Waals surface area contributed by atoms with Gasteiger partial charge in [0.05, 0.1) is 23.8 Å². The summed E-state index contributed by atoms with van der Waals surface area (Å²) >= 11 is 0. The summed E-state index contributed by atoms with van der Waals surface area (Å²) in [7, 11) is 0. The summed E-state index contributed by atoms with van der Waals surface area (Å²) in [5.74, 6) is 2.11. The second-order valence-corrected chi connectivity index (χ2v) is 7.23. The Morgan fingerprint density at radius 1 is 1.31 bits per heavy atom. The number of aromatic nitrogens is 3. The molecule has 0 radical (unpaired) electrons. The minimum atomic E-state index is -0.373. The zero-order chi connectivity index (χ0) is 20.5. The minimum absolute atomic E-state index is 0.0559. The number of pyridine rings is 1. The van der Waals surface area contributed by atoms with Gasteiger partial charge in [0.1, 0.15) is 0 Å². The van der Waals surface area contributed by atoms with E-state index in [1.54, 1.807) is 17.9 Å². The smallest absolute Gasteiger partial charge is 0.273 e. The maximum atomic E-state index is 13.0. The van der Waals surface area contributed by atoms with Crippen molar-refractivity contribution in [1.82, 2.24) is 25.4 Å². The normalized spacial score (nSPS) is 14.2. The number of H-pyrrole nitrogens is 1. The largest absolute Gasteiger partial charge is 0.337 e. The maximum absolute atomic E-state index is 13.0. The third-order valence-electron chi connectivity index (χ3n) is 5.11. The third-order valence-corrected chi connectivity index (χ3v) is 5.11. The van der Waals surface area contributed by atoms with Crippen LogP contribution in [0.5, 0.6) is 0 Å². The minimum Gasteiger partial charge on any atom is -0.337 e. The topological polar surface area (TPSA) is 91.0 Å². The maximum Gasteiger partial charge on any atom is 0.273 e. The van der Waals surface area contributed by atoms with Gasteiger partial charge in [0, 0.05) is 28.8 Å². The molecular formula is C22H21N5O2. The highest BCUT2D eigenvalue weighted by molar-refractivity contribution is 5.98. The van der Waals surface area contributed by atoms with Gasteiger partial charge in [-0.25, -0.2) is 0 Å². The molecule has 2 aromatic heterocycles. The first-order chi connectivity index (χ1) is 14.0. The molecule has 3 heterocycles. The van der Waals surface area contributed by atoms with E-state index < -0.39 is 0 Å². The van der Waals surface area contributed by atoms with Gasteiger partial charge in [0.2, 0.25) is 0 Å². The molecule has 0 aliphatic carbocycles. The van der Waals surface area contributed by atoms with Gasteiger partial charge in [-0.2, -0.15) is 5.10 Å². The number of carbonyl (C=O) groups is 2. The van der Waals surface area contributed by atoms with Crippen LogP contribution in [0.4, 0.5) is 0 Å². The Kier molecular flexibility index (Phi) is 4.77. The first kappa shape index (κ1) is 18.7. The van der Waals surface area contributed by atoms with Crippen molar-refractivity contribution in [2.45, 2.75) is 32.9 Å². The van der Waals surface area contributed by atoms with E-state index in [0.717, 1.165) is 27.9 Å². The number of nitrogens with one attached hydrogen (secondary N) is 2. The van der Waals surface area contributed by atoms with E-state index in [9.17, 15) is 9.59 Å². The number of fused-ring (bicyclic) bond motifs is 2. The lowest BCUT2D eigenvalue weighted by Crippen LogP contribution is -2.37. The van der Waals surface area contributed by atoms with Crippen LogP contribution >= 0.6 is 0 Å². The molecule has 29 heavy (non-hydrogen) atoms. The fourth-order valence-corrected chi connectivity index (χ4v) is 3.53. The van der Waals surface area contributed by atoms with Gasteiger partial charge in [-0.1, -0.05) is 12.0 Å². The van der Waals surface area contributed by atoms with E-state index >= 15 is 0 Å². The number of amides is 2. The van der Waals surface area contributed by atoms with Crippen molar-refractivity contribution in [3.63, 3.8) is 0 Å². The van der Waals surface area contributed by atoms with Crippen LogP contribution in [0.15, 0.2) is 30.3 Å². The Balaban J connectivity index is 1.53. The molecule has 0 fully saturated rings. The van der Waals surface area contributed by atoms with Crippen LogP contribution in [0.1, 0.15) is 44.7 Å². The lowest BCUT2D eigenvalue weighted by Gasteiger charge is -2.27. The average molecular weight is 387 g/mol. The Hall–Kier alpha value is -3.66. The molecule has 0 spiro atoms. The zero-order valence-corrected chi connectivity index (χ0v) is 16.3. The van der Waals surface area contributed by atoms with Gasteiger partial charge >= 0.3 is 0 Å². The molecule has 2 amide bonds. The molecular weight excluding hydrogens is 366 g/mol. The highest BCUT2D eigenvalue weighted by Crippen LogP contribution is 2.23. The molecule has 1 aliphatic heterocycles. The second kappa shape index (κ2) is 7.40. The summed E-state index contributed by atoms with van der Waals surface area (Å²) < 4.78 is 0. The second-order valence-electron chi connectivity index (χ2n) is 7.23. The molecule has 0 saturated heterocycles. The van der Waals surface area contributed by atoms with E-state index in [1.165, 1.54) is 0 Å². The van der Waals surface area contributed by atoms with Crippen LogP contribution in [0.25, 0.3) is 10.9 Å². The monoisotopic (exact) mass is 387 g/mol. The number of nitrogens with zero attached hydrogens (tertiary/aromatic N) is 3. The van der Waals surface area contributed by atoms with E-state index in [-0.39, 0.29) is 17.9 Å². The molecule has 0 saturated carbocycles. The Morgan fingerprint density at radius 3 is 2.93 bits per heavy atom. The molecule has 1 atom stereocenters. The standard InChI is InChI=1S/C22H21N5O2/c1-4-13(2)24-21(28)20-17-9-10-27(12-19(17)25-26-20)22(29)16-7-8-18-15(11-16)6-5-14(3)23-18/h1,5-8,11,13H,9-10,12H2,2-3H3,(H,24,28)(H,25,26). The van der Waals surface area contributed by atoms with Gasteiger partial charge in [0.25, 0.3) is 11.8 Å². The van der Waals surface area contributed by atoms with Gasteiger partial charge in [-0.15, -0.1) is 6.42 Å². The SMILES string of the molecule is C#CC(C)NC(=O)c1n[nH]c2c1CCN(C(=O)c1ccc3nc(C)ccc3c1)C2. The average Bonchev–Trinajstić information content (AvgIpc) is 3.16. The lowest BCUT2D eigenvalue weighted by atomic mass is 10.0. The molecule has 2 N–H and O–H groups in total. The summed E-state index contributed by atoms with van der Waals surface area (Å²) in [6, 6.07) is 9.08. The zero-order valence-electron chi connectivity index (χ0n) is 16.3. The van der Waals surface area contributed by atoms with Crippen LogP contribution in [0.3, 0.4) is 0 Å². The lowest BCUT2D eigenvalue weighted by molar-refractivity contribution is 0.0732. The van der Waals surface area contributed by atoms with Crippen molar-refractivity contribution in [2.75, 3.05) is 6.54 Å². The van der Waals surface area contributed by atoms with Crippen molar-refractivity contribution in [2.24, 2.45) is 0 Å². The molecule has 1 aromatic carbocycles. The molecule has 1 aliphatic rings. The Bertz CT molecular complexity index is 1160. The Labute approximate surface area is 168 Å². The number of hydrogen-bond acceptors (Lipinski definition) is 4. The molecule has 1 unspecified atom stereocenters. The first-order valence-corrected chi connectivity index (χ1v) is 9.46. The summed E-state index contributed by atoms with van der Waals surface area (Å²) in [4.78, 5) is 31.6. The van der Waals surface area contributed by atoms with Crippen LogP contribution in [-0.4, -0.2) is 44.5 Å². The van der Waals surface area contributed by atoms with Gasteiger partial charge in [-0.05, 0) is 44.5 Å². The van der Waals surface area contributed by atoms with E-state index in [1.807, 2.05) is 31.2 Å². The van der Waals surface area contributed by atoms with Crippen molar-refractivity contribution in [1.29, 1.82) is 0 Å². The first-order valence-electron chi connectivity index (χ1n) is 9.46. The molecule has 3 aromatic rings. The van der Waals surface area contributed by atoms with Crippen molar-refractivity contribution >= 4 is 22.7 Å². The molecule has 0 bridgehead atoms. The molecule has 7 nitrogen and oxygen atoms in total. The van der Waals surface area contributed by atoms with Crippen LogP contribution in [-0.2, 0) is 13.0 Å². The number of benzene rings is 1. The van der Waals surface area contributed by atoms with Gasteiger partial charge in [-0.3, -0.25) is 19.7 Å². The number of carbonyl (C=O) groups excluding carboxylic acids is 2. The summed E-state index contributed by atoms with van der Waals surface area (Å²) in [6.07, 6.45) is 5.87. The molecule has 146 valence electrons. The quantitative estimate of drug-likeness (QED) is 0.674. The van der Waals surface area contributed by atoms with E-state index in [4.69, 9.17) is 6.42 Å². The van der Waals surface area contributed by atoms with Crippen LogP contribution in [0.2, 0.25) is 0 Å². The number of aromatic amines is 1. The predicted molar refractivity (Wildman–Crippen MR) is 109 cm³/mol. The van der Waals surface area contributed by atoms with Crippen molar-refractivity contribution in [3.05, 3.63) is 58.5 Å². The third kappa shape index (κ3) is 3.57. The number of aryl methyl sites for hydroxylation is 1. The highest BCUT2D eigenvalue weighted by atomic mass is 16.2. The van der Waals surface area contributed by atoms with E-state index in [2.05, 4.69) is 26.4 Å². The van der Waals surface area contributed by atoms with Crippen LogP contribution < -0.4 is 5.32 Å². The van der Waals surface area contributed by atoms with Gasteiger partial charge < -0.3 is 10.2 Å². The van der Waals surface area contributed by atoms with Crippen LogP contribution in [0, 0.1) is 19.3 Å². The fraction of sp³-hybridized carbons (Fsp3) is 0.273. The molecule has 7 heteroatoms. The summed E-state index contributed by atoms with van der Waals surface area (Å²) in [5.41, 5.74) is 4.40.